The molecule has 348 valence electrons. The Morgan fingerprint density at radius 2 is 1.22 bits per heavy atom. The summed E-state index contributed by atoms with van der Waals surface area (Å²) in [5.41, 5.74) is 15.9. The summed E-state index contributed by atoms with van der Waals surface area (Å²) in [5, 5.41) is 12.4. The van der Waals surface area contributed by atoms with E-state index in [0.29, 0.717) is 17.3 Å². The fraction of sp³-hybridized carbons (Fsp3) is 0.250. The van der Waals surface area contributed by atoms with E-state index in [1.165, 1.54) is 31.2 Å². The number of nitrogens with zero attached hydrogens (tertiary/aromatic N) is 3. The number of aromatic nitrogens is 3. The normalized spacial score (nSPS) is 15.0. The number of aromatic hydroxyl groups is 1. The predicted molar refractivity (Wildman–Crippen MR) is 282 cm³/mol. The van der Waals surface area contributed by atoms with Crippen molar-refractivity contribution in [1.82, 2.24) is 14.5 Å². The van der Waals surface area contributed by atoms with Gasteiger partial charge in [0.25, 0.3) is 0 Å². The third-order valence-corrected chi connectivity index (χ3v) is 14.4. The monoisotopic (exact) mass is 1080 g/mol. The maximum absolute atomic E-state index is 12.4. The van der Waals surface area contributed by atoms with Gasteiger partial charge in [0.2, 0.25) is 0 Å². The van der Waals surface area contributed by atoms with Gasteiger partial charge in [-0.2, -0.15) is 0 Å². The van der Waals surface area contributed by atoms with Crippen molar-refractivity contribution in [2.75, 3.05) is 0 Å². The molecule has 2 heterocycles. The van der Waals surface area contributed by atoms with Gasteiger partial charge in [-0.1, -0.05) is 205 Å². The summed E-state index contributed by atoms with van der Waals surface area (Å²) in [6, 6.07) is 60.6. The van der Waals surface area contributed by atoms with Crippen LogP contribution in [0, 0.1) is 17.9 Å². The fourth-order valence-corrected chi connectivity index (χ4v) is 10.7. The molecule has 0 spiro atoms. The van der Waals surface area contributed by atoms with E-state index in [2.05, 4.69) is 128 Å². The Balaban J connectivity index is 0.00000582. The van der Waals surface area contributed by atoms with Gasteiger partial charge in [0, 0.05) is 46.8 Å². The maximum atomic E-state index is 12.4. The molecule has 0 amide bonds. The maximum Gasteiger partial charge on any atom is 0.148 e. The Hall–Kier alpha value is -6.35. The van der Waals surface area contributed by atoms with Gasteiger partial charge in [0.15, 0.2) is 0 Å². The number of pyridine rings is 1. The van der Waals surface area contributed by atoms with Crippen LogP contribution < -0.4 is 0 Å². The molecule has 0 bridgehead atoms. The summed E-state index contributed by atoms with van der Waals surface area (Å²) in [4.78, 5) is 10.6. The molecule has 0 aliphatic heterocycles. The van der Waals surface area contributed by atoms with E-state index in [1.54, 1.807) is 0 Å². The zero-order chi connectivity index (χ0) is 48.0. The summed E-state index contributed by atoms with van der Waals surface area (Å²) in [6.45, 7) is 6.72. The molecule has 7 aromatic carbocycles. The van der Waals surface area contributed by atoms with Gasteiger partial charge in [-0.05, 0) is 93.8 Å². The number of para-hydroxylation sites is 2. The SMILES string of the molecule is [2H]C([2H])(c1ccc(-c2ccnc(-c3[c-]c(-c4cccc5c4nc(-c4cccc(-c6ccccc6)c4O)n5-c4ccc(CC5CCCC5)cc4-c4ccccc4)cc(C(C)(C)C)c3)c2)cc1)C1CCCC1.[Pt]. The van der Waals surface area contributed by atoms with Crippen molar-refractivity contribution < 1.29 is 28.9 Å². The van der Waals surface area contributed by atoms with Crippen LogP contribution in [-0.4, -0.2) is 19.6 Å². The third-order valence-electron chi connectivity index (χ3n) is 14.4. The number of fused-ring (bicyclic) bond motifs is 1. The molecule has 0 radical (unpaired) electrons. The Morgan fingerprint density at radius 1 is 0.594 bits per heavy atom. The molecule has 11 rings (SSSR count). The van der Waals surface area contributed by atoms with Gasteiger partial charge in [0.1, 0.15) is 11.6 Å². The Bertz CT molecular complexity index is 3330. The zero-order valence-corrected chi connectivity index (χ0v) is 42.1. The van der Waals surface area contributed by atoms with Crippen LogP contribution in [-0.2, 0) is 39.3 Å². The van der Waals surface area contributed by atoms with Crippen molar-refractivity contribution in [3.63, 3.8) is 0 Å². The quantitative estimate of drug-likeness (QED) is 0.131. The second kappa shape index (κ2) is 19.9. The van der Waals surface area contributed by atoms with E-state index < -0.39 is 6.37 Å². The molecule has 0 saturated heterocycles. The van der Waals surface area contributed by atoms with Crippen molar-refractivity contribution in [3.8, 4) is 78.6 Å². The molecule has 2 aromatic heterocycles. The van der Waals surface area contributed by atoms with Gasteiger partial charge in [-0.25, -0.2) is 4.98 Å². The first kappa shape index (κ1) is 43.9. The molecular formula is C64H60N3OPt-. The summed E-state index contributed by atoms with van der Waals surface area (Å²) in [5.74, 6) is 1.61. The molecule has 2 saturated carbocycles. The minimum absolute atomic E-state index is 0. The van der Waals surface area contributed by atoms with E-state index >= 15 is 0 Å². The van der Waals surface area contributed by atoms with Crippen molar-refractivity contribution in [1.29, 1.82) is 0 Å². The van der Waals surface area contributed by atoms with Gasteiger partial charge < -0.3 is 5.11 Å². The zero-order valence-electron chi connectivity index (χ0n) is 41.8. The minimum atomic E-state index is -1.34. The van der Waals surface area contributed by atoms with Crippen LogP contribution in [0.15, 0.2) is 170 Å². The fourth-order valence-electron chi connectivity index (χ4n) is 10.7. The number of benzene rings is 7. The van der Waals surface area contributed by atoms with Crippen LogP contribution in [0.2, 0.25) is 0 Å². The number of hydrogen-bond acceptors (Lipinski definition) is 3. The number of imidazole rings is 1. The van der Waals surface area contributed by atoms with Crippen LogP contribution in [0.3, 0.4) is 0 Å². The summed E-state index contributed by atoms with van der Waals surface area (Å²) < 4.78 is 20.2. The molecule has 9 aromatic rings. The van der Waals surface area contributed by atoms with Crippen molar-refractivity contribution in [2.45, 2.75) is 90.3 Å². The topological polar surface area (TPSA) is 50.9 Å². The van der Waals surface area contributed by atoms with Crippen LogP contribution in [0.25, 0.3) is 83.9 Å². The minimum Gasteiger partial charge on any atom is -0.507 e. The van der Waals surface area contributed by atoms with E-state index in [-0.39, 0.29) is 38.1 Å². The Kier molecular flexibility index (Phi) is 12.7. The van der Waals surface area contributed by atoms with Gasteiger partial charge in [0.05, 0.1) is 22.3 Å². The van der Waals surface area contributed by atoms with Gasteiger partial charge >= 0.3 is 0 Å². The second-order valence-corrected chi connectivity index (χ2v) is 20.2. The van der Waals surface area contributed by atoms with Gasteiger partial charge in [-0.3, -0.25) is 9.55 Å². The van der Waals surface area contributed by atoms with E-state index in [9.17, 15) is 5.11 Å². The molecule has 0 atom stereocenters. The molecule has 1 N–H and O–H groups in total. The second-order valence-electron chi connectivity index (χ2n) is 20.2. The predicted octanol–water partition coefficient (Wildman–Crippen LogP) is 16.7. The first-order chi connectivity index (χ1) is 34.0. The summed E-state index contributed by atoms with van der Waals surface area (Å²) in [7, 11) is 0. The van der Waals surface area contributed by atoms with E-state index in [0.717, 1.165) is 116 Å². The van der Waals surface area contributed by atoms with Crippen LogP contribution in [0.5, 0.6) is 5.75 Å². The van der Waals surface area contributed by atoms with Gasteiger partial charge in [-0.15, -0.1) is 29.3 Å². The molecule has 2 aliphatic rings. The molecule has 5 heteroatoms. The summed E-state index contributed by atoms with van der Waals surface area (Å²) in [6.07, 6.45) is 10.9. The third kappa shape index (κ3) is 9.66. The average molecular weight is 1080 g/mol. The molecule has 4 nitrogen and oxygen atoms in total. The van der Waals surface area contributed by atoms with Crippen LogP contribution >= 0.6 is 0 Å². The molecule has 2 fully saturated rings. The van der Waals surface area contributed by atoms with Crippen molar-refractivity contribution in [3.05, 3.63) is 193 Å². The number of phenols is 1. The standard InChI is InChI=1S/C64H60N3O.Pt/c1-64(2,3)53-40-51(39-52(41-53)58-42-50(34-35-65-58)47-31-28-45(29-32-47)36-43-16-10-11-17-43)54-24-15-27-60-61(54)66-63(56-26-14-25-55(62(56)68)48-20-6-4-7-21-48)67(60)59-33-30-46(37-44-18-12-13-19-44)38-57(59)49-22-8-5-9-23-49;/h4-9,14-15,20-35,38,40-44,68H,10-13,16-19,36-37H2,1-3H3;/q-1;/i36D2;. The first-order valence-corrected chi connectivity index (χ1v) is 24.7. The van der Waals surface area contributed by atoms with E-state index in [4.69, 9.17) is 12.7 Å². The summed E-state index contributed by atoms with van der Waals surface area (Å²) >= 11 is 0. The number of hydrogen-bond donors (Lipinski definition) is 1. The first-order valence-electron chi connectivity index (χ1n) is 25.7. The number of phenolic OH excluding ortho intramolecular Hbond substituents is 1. The largest absolute Gasteiger partial charge is 0.507 e. The van der Waals surface area contributed by atoms with Crippen molar-refractivity contribution >= 4 is 11.0 Å². The molecular weight excluding hydrogens is 1020 g/mol. The Morgan fingerprint density at radius 3 is 1.93 bits per heavy atom. The molecule has 69 heavy (non-hydrogen) atoms. The van der Waals surface area contributed by atoms with Crippen molar-refractivity contribution in [2.24, 2.45) is 11.8 Å². The van der Waals surface area contributed by atoms with Crippen LogP contribution in [0.4, 0.5) is 0 Å². The smallest absolute Gasteiger partial charge is 0.148 e. The average Bonchev–Trinajstić information content (AvgIpc) is 4.20. The Labute approximate surface area is 425 Å². The molecule has 2 aliphatic carbocycles. The number of rotatable bonds is 11. The molecule has 0 unspecified atom stereocenters. The van der Waals surface area contributed by atoms with Crippen LogP contribution in [0.1, 0.15) is 91.6 Å². The van der Waals surface area contributed by atoms with E-state index in [1.807, 2.05) is 72.9 Å².